The summed E-state index contributed by atoms with van der Waals surface area (Å²) < 4.78 is 38.8. The zero-order valence-corrected chi connectivity index (χ0v) is 16.9. The van der Waals surface area contributed by atoms with E-state index >= 15 is 0 Å². The van der Waals surface area contributed by atoms with E-state index in [1.165, 1.54) is 18.2 Å². The van der Waals surface area contributed by atoms with E-state index in [1.807, 2.05) is 0 Å². The van der Waals surface area contributed by atoms with Crippen molar-refractivity contribution < 1.29 is 33.0 Å². The number of hydrogen-bond acceptors (Lipinski definition) is 4. The average Bonchev–Trinajstić information content (AvgIpc) is 2.78. The Balaban J connectivity index is 1.69. The molecule has 0 heterocycles. The number of carbonyl (C=O) groups is 2. The van der Waals surface area contributed by atoms with E-state index in [9.17, 15) is 33.0 Å². The van der Waals surface area contributed by atoms with Crippen LogP contribution in [0.3, 0.4) is 0 Å². The van der Waals surface area contributed by atoms with Gasteiger partial charge in [0.05, 0.1) is 16.7 Å². The number of rotatable bonds is 4. The predicted molar refractivity (Wildman–Crippen MR) is 117 cm³/mol. The summed E-state index contributed by atoms with van der Waals surface area (Å²) in [6.07, 6.45) is -4.59. The molecule has 0 radical (unpaired) electrons. The monoisotopic (exact) mass is 451 g/mol. The van der Waals surface area contributed by atoms with Crippen molar-refractivity contribution in [3.05, 3.63) is 101 Å². The summed E-state index contributed by atoms with van der Waals surface area (Å²) in [7, 11) is 0. The fourth-order valence-corrected chi connectivity index (χ4v) is 3.47. The highest BCUT2D eigenvalue weighted by atomic mass is 19.4. The van der Waals surface area contributed by atoms with Crippen LogP contribution in [0.4, 0.5) is 18.9 Å². The van der Waals surface area contributed by atoms with Crippen molar-refractivity contribution >= 4 is 28.2 Å². The SMILES string of the molecule is O=C(Nc1cccc(C(F)(F)F)c1)c1cc(C(=O)c2c(O)ccc3ccccc23)ccc1O. The van der Waals surface area contributed by atoms with Crippen molar-refractivity contribution in [3.63, 3.8) is 0 Å². The molecule has 0 saturated carbocycles. The molecule has 166 valence electrons. The number of fused-ring (bicyclic) bond motifs is 1. The van der Waals surface area contributed by atoms with Crippen LogP contribution in [0.15, 0.2) is 78.9 Å². The van der Waals surface area contributed by atoms with Gasteiger partial charge in [0.2, 0.25) is 0 Å². The highest BCUT2D eigenvalue weighted by molar-refractivity contribution is 6.19. The van der Waals surface area contributed by atoms with E-state index in [0.29, 0.717) is 5.39 Å². The molecule has 5 nitrogen and oxygen atoms in total. The molecule has 0 aromatic heterocycles. The number of ketones is 1. The van der Waals surface area contributed by atoms with Crippen LogP contribution < -0.4 is 5.32 Å². The van der Waals surface area contributed by atoms with Gasteiger partial charge in [0.15, 0.2) is 5.78 Å². The van der Waals surface area contributed by atoms with Gasteiger partial charge in [-0.1, -0.05) is 36.4 Å². The summed E-state index contributed by atoms with van der Waals surface area (Å²) >= 11 is 0. The lowest BCUT2D eigenvalue weighted by molar-refractivity contribution is -0.137. The Morgan fingerprint density at radius 2 is 1.52 bits per heavy atom. The van der Waals surface area contributed by atoms with Gasteiger partial charge in [-0.2, -0.15) is 13.2 Å². The third kappa shape index (κ3) is 4.36. The first kappa shape index (κ1) is 21.9. The first-order valence-corrected chi connectivity index (χ1v) is 9.72. The molecule has 0 saturated heterocycles. The number of alkyl halides is 3. The van der Waals surface area contributed by atoms with Gasteiger partial charge >= 0.3 is 6.18 Å². The summed E-state index contributed by atoms with van der Waals surface area (Å²) in [5.74, 6) is -2.19. The van der Waals surface area contributed by atoms with Gasteiger partial charge in [-0.05, 0) is 53.2 Å². The van der Waals surface area contributed by atoms with E-state index in [-0.39, 0.29) is 28.1 Å². The quantitative estimate of drug-likeness (QED) is 0.345. The number of hydrogen-bond donors (Lipinski definition) is 3. The number of aromatic hydroxyl groups is 2. The first-order valence-electron chi connectivity index (χ1n) is 9.72. The van der Waals surface area contributed by atoms with Gasteiger partial charge < -0.3 is 15.5 Å². The molecule has 4 aromatic carbocycles. The Labute approximate surface area is 185 Å². The van der Waals surface area contributed by atoms with Crippen molar-refractivity contribution in [2.45, 2.75) is 6.18 Å². The maximum absolute atomic E-state index is 13.2. The number of halogens is 3. The van der Waals surface area contributed by atoms with Gasteiger partial charge in [-0.15, -0.1) is 0 Å². The van der Waals surface area contributed by atoms with Crippen LogP contribution >= 0.6 is 0 Å². The summed E-state index contributed by atoms with van der Waals surface area (Å²) in [6, 6.07) is 17.6. The van der Waals surface area contributed by atoms with Crippen LogP contribution in [0.2, 0.25) is 0 Å². The van der Waals surface area contributed by atoms with Gasteiger partial charge in [0.1, 0.15) is 11.5 Å². The number of benzene rings is 4. The lowest BCUT2D eigenvalue weighted by Gasteiger charge is -2.12. The molecular weight excluding hydrogens is 435 g/mol. The van der Waals surface area contributed by atoms with Crippen molar-refractivity contribution in [1.82, 2.24) is 0 Å². The van der Waals surface area contributed by atoms with E-state index in [2.05, 4.69) is 5.32 Å². The Bertz CT molecular complexity index is 1400. The van der Waals surface area contributed by atoms with Crippen LogP contribution in [-0.4, -0.2) is 21.9 Å². The van der Waals surface area contributed by atoms with Gasteiger partial charge in [0, 0.05) is 11.3 Å². The van der Waals surface area contributed by atoms with Crippen LogP contribution in [0.5, 0.6) is 11.5 Å². The molecule has 1 amide bonds. The Morgan fingerprint density at radius 1 is 0.788 bits per heavy atom. The third-order valence-electron chi connectivity index (χ3n) is 5.09. The number of phenolic OH excluding ortho intramolecular Hbond substituents is 2. The molecule has 4 rings (SSSR count). The number of amides is 1. The summed E-state index contributed by atoms with van der Waals surface area (Å²) in [4.78, 5) is 25.9. The minimum atomic E-state index is -4.59. The van der Waals surface area contributed by atoms with Gasteiger partial charge in [-0.3, -0.25) is 9.59 Å². The maximum atomic E-state index is 13.2. The molecule has 0 aliphatic rings. The minimum absolute atomic E-state index is 0.00800. The second kappa shape index (κ2) is 8.31. The smallest absolute Gasteiger partial charge is 0.416 e. The number of anilines is 1. The molecule has 0 unspecified atom stereocenters. The molecule has 33 heavy (non-hydrogen) atoms. The number of phenols is 2. The normalized spacial score (nSPS) is 11.4. The fourth-order valence-electron chi connectivity index (χ4n) is 3.47. The van der Waals surface area contributed by atoms with Gasteiger partial charge in [0.25, 0.3) is 5.91 Å². The van der Waals surface area contributed by atoms with Gasteiger partial charge in [-0.25, -0.2) is 0 Å². The Kier molecular flexibility index (Phi) is 5.51. The first-order chi connectivity index (χ1) is 15.6. The minimum Gasteiger partial charge on any atom is -0.507 e. The van der Waals surface area contributed by atoms with Crippen molar-refractivity contribution in [2.24, 2.45) is 0 Å². The predicted octanol–water partition coefficient (Wildman–Crippen LogP) is 5.75. The lowest BCUT2D eigenvalue weighted by Crippen LogP contribution is -2.14. The maximum Gasteiger partial charge on any atom is 0.416 e. The summed E-state index contributed by atoms with van der Waals surface area (Å²) in [6.45, 7) is 0. The van der Waals surface area contributed by atoms with Crippen molar-refractivity contribution in [3.8, 4) is 11.5 Å². The molecule has 0 fully saturated rings. The van der Waals surface area contributed by atoms with E-state index < -0.39 is 29.2 Å². The van der Waals surface area contributed by atoms with E-state index in [0.717, 1.165) is 35.7 Å². The molecule has 0 spiro atoms. The molecule has 0 aliphatic carbocycles. The molecule has 0 bridgehead atoms. The van der Waals surface area contributed by atoms with Crippen molar-refractivity contribution in [1.29, 1.82) is 0 Å². The fraction of sp³-hybridized carbons (Fsp3) is 0.0400. The summed E-state index contributed by atoms with van der Waals surface area (Å²) in [5.41, 5.74) is -1.34. The third-order valence-corrected chi connectivity index (χ3v) is 5.09. The molecule has 8 heteroatoms. The second-order valence-electron chi connectivity index (χ2n) is 7.27. The largest absolute Gasteiger partial charge is 0.507 e. The number of carbonyl (C=O) groups excluding carboxylic acids is 2. The van der Waals surface area contributed by atoms with Crippen LogP contribution in [0.25, 0.3) is 10.8 Å². The molecule has 0 atom stereocenters. The van der Waals surface area contributed by atoms with E-state index in [1.54, 1.807) is 30.3 Å². The average molecular weight is 451 g/mol. The Hall–Kier alpha value is -4.33. The van der Waals surface area contributed by atoms with Crippen LogP contribution in [-0.2, 0) is 6.18 Å². The van der Waals surface area contributed by atoms with Crippen LogP contribution in [0, 0.1) is 0 Å². The highest BCUT2D eigenvalue weighted by Crippen LogP contribution is 2.32. The standard InChI is InChI=1S/C25H16F3NO4/c26-25(27,28)16-5-3-6-17(13-16)29-24(33)19-12-15(9-10-20(19)30)23(32)22-18-7-2-1-4-14(18)8-11-21(22)31/h1-13,30-31H,(H,29,33). The zero-order chi connectivity index (χ0) is 23.8. The zero-order valence-electron chi connectivity index (χ0n) is 16.9. The molecule has 3 N–H and O–H groups in total. The second-order valence-corrected chi connectivity index (χ2v) is 7.27. The van der Waals surface area contributed by atoms with E-state index in [4.69, 9.17) is 0 Å². The topological polar surface area (TPSA) is 86.6 Å². The highest BCUT2D eigenvalue weighted by Gasteiger charge is 2.30. The summed E-state index contributed by atoms with van der Waals surface area (Å²) in [5, 5.41) is 24.0. The molecule has 4 aromatic rings. The molecule has 0 aliphatic heterocycles. The Morgan fingerprint density at radius 3 is 2.27 bits per heavy atom. The lowest BCUT2D eigenvalue weighted by atomic mass is 9.95. The van der Waals surface area contributed by atoms with Crippen LogP contribution in [0.1, 0.15) is 31.8 Å². The van der Waals surface area contributed by atoms with Crippen molar-refractivity contribution in [2.75, 3.05) is 5.32 Å². The number of nitrogens with one attached hydrogen (secondary N) is 1. The molecular formula is C25H16F3NO4.